The fourth-order valence-electron chi connectivity index (χ4n) is 3.55. The second kappa shape index (κ2) is 3.27. The highest BCUT2D eigenvalue weighted by Crippen LogP contribution is 2.49. The molecule has 0 radical (unpaired) electrons. The molecule has 2 fully saturated rings. The van der Waals surface area contributed by atoms with Crippen LogP contribution in [0.1, 0.15) is 52.4 Å². The van der Waals surface area contributed by atoms with Crippen LogP contribution in [0.25, 0.3) is 0 Å². The molecule has 0 aliphatic heterocycles. The Balaban J connectivity index is 2.08. The fraction of sp³-hybridized carbons (Fsp3) is 1.00. The SMILES string of the molecule is CC(N)C1(C)CC2CCCC(C2)C1. The Kier molecular flexibility index (Phi) is 2.39. The van der Waals surface area contributed by atoms with E-state index in [4.69, 9.17) is 5.73 Å². The highest BCUT2D eigenvalue weighted by molar-refractivity contribution is 4.93. The summed E-state index contributed by atoms with van der Waals surface area (Å²) >= 11 is 0. The van der Waals surface area contributed by atoms with Crippen LogP contribution < -0.4 is 5.73 Å². The summed E-state index contributed by atoms with van der Waals surface area (Å²) < 4.78 is 0. The van der Waals surface area contributed by atoms with Gasteiger partial charge in [-0.05, 0) is 43.4 Å². The van der Waals surface area contributed by atoms with Crippen LogP contribution in [0.5, 0.6) is 0 Å². The van der Waals surface area contributed by atoms with Gasteiger partial charge in [0.2, 0.25) is 0 Å². The van der Waals surface area contributed by atoms with Crippen molar-refractivity contribution in [2.45, 2.75) is 58.4 Å². The average Bonchev–Trinajstić information content (AvgIpc) is 2.02. The maximum absolute atomic E-state index is 6.10. The summed E-state index contributed by atoms with van der Waals surface area (Å²) in [7, 11) is 0. The van der Waals surface area contributed by atoms with Crippen molar-refractivity contribution in [2.24, 2.45) is 23.0 Å². The van der Waals surface area contributed by atoms with Crippen LogP contribution in [0.4, 0.5) is 0 Å². The molecule has 0 spiro atoms. The molecule has 1 nitrogen and oxygen atoms in total. The molecule has 2 N–H and O–H groups in total. The predicted octanol–water partition coefficient (Wildman–Crippen LogP) is 2.94. The molecular formula is C12H23N. The highest BCUT2D eigenvalue weighted by Gasteiger charge is 2.40. The lowest BCUT2D eigenvalue weighted by molar-refractivity contribution is 0.0528. The van der Waals surface area contributed by atoms with Gasteiger partial charge in [0.15, 0.2) is 0 Å². The zero-order valence-corrected chi connectivity index (χ0v) is 9.05. The third-order valence-corrected chi connectivity index (χ3v) is 4.50. The smallest absolute Gasteiger partial charge is 0.00645 e. The quantitative estimate of drug-likeness (QED) is 0.661. The number of hydrogen-bond donors (Lipinski definition) is 1. The van der Waals surface area contributed by atoms with E-state index in [9.17, 15) is 0 Å². The van der Waals surface area contributed by atoms with E-state index in [-0.39, 0.29) is 0 Å². The predicted molar refractivity (Wildman–Crippen MR) is 56.4 cm³/mol. The normalized spacial score (nSPS) is 47.3. The van der Waals surface area contributed by atoms with E-state index in [1.807, 2.05) is 0 Å². The van der Waals surface area contributed by atoms with Crippen LogP contribution in [-0.2, 0) is 0 Å². The Bertz CT molecular complexity index is 174. The molecule has 3 atom stereocenters. The van der Waals surface area contributed by atoms with Crippen LogP contribution in [0, 0.1) is 17.3 Å². The number of rotatable bonds is 1. The number of nitrogens with two attached hydrogens (primary N) is 1. The first-order valence-corrected chi connectivity index (χ1v) is 5.86. The van der Waals surface area contributed by atoms with Crippen molar-refractivity contribution in [3.8, 4) is 0 Å². The minimum atomic E-state index is 0.385. The number of fused-ring (bicyclic) bond motifs is 2. The molecule has 2 aliphatic carbocycles. The van der Waals surface area contributed by atoms with Crippen LogP contribution >= 0.6 is 0 Å². The summed E-state index contributed by atoms with van der Waals surface area (Å²) in [6.07, 6.45) is 8.70. The van der Waals surface area contributed by atoms with Crippen LogP contribution in [0.2, 0.25) is 0 Å². The Labute approximate surface area is 82.1 Å². The minimum absolute atomic E-state index is 0.385. The van der Waals surface area contributed by atoms with Crippen LogP contribution in [0.3, 0.4) is 0 Å². The lowest BCUT2D eigenvalue weighted by Crippen LogP contribution is -2.44. The summed E-state index contributed by atoms with van der Waals surface area (Å²) in [6, 6.07) is 0.385. The van der Waals surface area contributed by atoms with Gasteiger partial charge in [-0.25, -0.2) is 0 Å². The third kappa shape index (κ3) is 1.76. The number of hydrogen-bond acceptors (Lipinski definition) is 1. The van der Waals surface area contributed by atoms with Gasteiger partial charge in [-0.1, -0.05) is 26.2 Å². The highest BCUT2D eigenvalue weighted by atomic mass is 14.7. The van der Waals surface area contributed by atoms with Crippen molar-refractivity contribution in [3.05, 3.63) is 0 Å². The van der Waals surface area contributed by atoms with Crippen molar-refractivity contribution in [3.63, 3.8) is 0 Å². The van der Waals surface area contributed by atoms with Gasteiger partial charge in [0, 0.05) is 6.04 Å². The fourth-order valence-corrected chi connectivity index (χ4v) is 3.55. The first-order valence-electron chi connectivity index (χ1n) is 5.86. The van der Waals surface area contributed by atoms with E-state index in [0.29, 0.717) is 11.5 Å². The molecule has 0 saturated heterocycles. The first-order chi connectivity index (χ1) is 6.10. The average molecular weight is 181 g/mol. The van der Waals surface area contributed by atoms with Crippen LogP contribution in [-0.4, -0.2) is 6.04 Å². The lowest BCUT2D eigenvalue weighted by atomic mass is 9.59. The Hall–Kier alpha value is -0.0400. The Morgan fingerprint density at radius 1 is 1.23 bits per heavy atom. The molecular weight excluding hydrogens is 158 g/mol. The molecule has 76 valence electrons. The summed E-state index contributed by atoms with van der Waals surface area (Å²) in [6.45, 7) is 4.60. The van der Waals surface area contributed by atoms with Crippen molar-refractivity contribution < 1.29 is 0 Å². The van der Waals surface area contributed by atoms with Crippen LogP contribution in [0.15, 0.2) is 0 Å². The van der Waals surface area contributed by atoms with E-state index in [1.165, 1.54) is 38.5 Å². The lowest BCUT2D eigenvalue weighted by Gasteiger charge is -2.47. The van der Waals surface area contributed by atoms with Gasteiger partial charge in [-0.3, -0.25) is 0 Å². The van der Waals surface area contributed by atoms with Crippen molar-refractivity contribution >= 4 is 0 Å². The Morgan fingerprint density at radius 2 is 1.77 bits per heavy atom. The molecule has 2 bridgehead atoms. The molecule has 0 aromatic carbocycles. The van der Waals surface area contributed by atoms with E-state index in [1.54, 1.807) is 0 Å². The second-order valence-electron chi connectivity index (χ2n) is 5.75. The molecule has 0 aromatic heterocycles. The monoisotopic (exact) mass is 181 g/mol. The van der Waals surface area contributed by atoms with Gasteiger partial charge in [0.1, 0.15) is 0 Å². The van der Waals surface area contributed by atoms with Gasteiger partial charge in [-0.2, -0.15) is 0 Å². The summed E-state index contributed by atoms with van der Waals surface area (Å²) in [5, 5.41) is 0. The zero-order chi connectivity index (χ0) is 9.47. The van der Waals surface area contributed by atoms with Gasteiger partial charge in [0.05, 0.1) is 0 Å². The van der Waals surface area contributed by atoms with Gasteiger partial charge < -0.3 is 5.73 Å². The standard InChI is InChI=1S/C12H23N/c1-9(13)12(2)7-10-4-3-5-11(6-10)8-12/h9-11H,3-8,13H2,1-2H3. The van der Waals surface area contributed by atoms with E-state index >= 15 is 0 Å². The summed E-state index contributed by atoms with van der Waals surface area (Å²) in [5.74, 6) is 2.01. The molecule has 2 aliphatic rings. The maximum atomic E-state index is 6.10. The van der Waals surface area contributed by atoms with E-state index in [0.717, 1.165) is 11.8 Å². The topological polar surface area (TPSA) is 26.0 Å². The summed E-state index contributed by atoms with van der Waals surface area (Å²) in [4.78, 5) is 0. The van der Waals surface area contributed by atoms with Gasteiger partial charge in [-0.15, -0.1) is 0 Å². The van der Waals surface area contributed by atoms with Gasteiger partial charge in [0.25, 0.3) is 0 Å². The molecule has 1 heteroatoms. The molecule has 2 rings (SSSR count). The van der Waals surface area contributed by atoms with Crippen molar-refractivity contribution in [1.29, 1.82) is 0 Å². The van der Waals surface area contributed by atoms with Crippen molar-refractivity contribution in [1.82, 2.24) is 0 Å². The molecule has 3 unspecified atom stereocenters. The van der Waals surface area contributed by atoms with E-state index < -0.39 is 0 Å². The molecule has 0 aromatic rings. The first kappa shape index (κ1) is 9.51. The Morgan fingerprint density at radius 3 is 2.23 bits per heavy atom. The molecule has 2 saturated carbocycles. The maximum Gasteiger partial charge on any atom is 0.00645 e. The van der Waals surface area contributed by atoms with E-state index in [2.05, 4.69) is 13.8 Å². The molecule has 0 amide bonds. The largest absolute Gasteiger partial charge is 0.327 e. The molecule has 13 heavy (non-hydrogen) atoms. The third-order valence-electron chi connectivity index (χ3n) is 4.50. The molecule has 0 heterocycles. The van der Waals surface area contributed by atoms with Crippen molar-refractivity contribution in [2.75, 3.05) is 0 Å². The summed E-state index contributed by atoms with van der Waals surface area (Å²) in [5.41, 5.74) is 6.56. The minimum Gasteiger partial charge on any atom is -0.327 e. The zero-order valence-electron chi connectivity index (χ0n) is 9.05. The second-order valence-corrected chi connectivity index (χ2v) is 5.75. The van der Waals surface area contributed by atoms with Gasteiger partial charge >= 0.3 is 0 Å².